The van der Waals surface area contributed by atoms with Crippen LogP contribution in [0.25, 0.3) is 0 Å². The van der Waals surface area contributed by atoms with E-state index in [0.717, 1.165) is 17.4 Å². The summed E-state index contributed by atoms with van der Waals surface area (Å²) in [5, 5.41) is 12.1. The predicted molar refractivity (Wildman–Crippen MR) is 62.5 cm³/mol. The zero-order valence-electron chi connectivity index (χ0n) is 8.33. The van der Waals surface area contributed by atoms with Crippen LogP contribution in [0, 0.1) is 0 Å². The van der Waals surface area contributed by atoms with Crippen molar-refractivity contribution in [3.63, 3.8) is 0 Å². The normalized spacial score (nSPS) is 12.8. The van der Waals surface area contributed by atoms with Crippen molar-refractivity contribution in [2.45, 2.75) is 12.3 Å². The summed E-state index contributed by atoms with van der Waals surface area (Å²) in [6, 6.07) is 8.27. The lowest BCUT2D eigenvalue weighted by molar-refractivity contribution is 0.274. The van der Waals surface area contributed by atoms with E-state index in [9.17, 15) is 0 Å². The molecule has 1 aromatic carbocycles. The molecule has 0 aliphatic rings. The summed E-state index contributed by atoms with van der Waals surface area (Å²) in [7, 11) is 1.93. The monoisotopic (exact) mass is 257 g/mol. The van der Waals surface area contributed by atoms with Crippen molar-refractivity contribution >= 4 is 15.9 Å². The Morgan fingerprint density at radius 2 is 2.00 bits per heavy atom. The van der Waals surface area contributed by atoms with Crippen molar-refractivity contribution in [2.24, 2.45) is 0 Å². The van der Waals surface area contributed by atoms with Gasteiger partial charge in [-0.2, -0.15) is 0 Å². The lowest BCUT2D eigenvalue weighted by atomic mass is 9.96. The van der Waals surface area contributed by atoms with Crippen LogP contribution in [0.15, 0.2) is 28.7 Å². The first-order valence-corrected chi connectivity index (χ1v) is 5.58. The highest BCUT2D eigenvalue weighted by Gasteiger charge is 2.09. The summed E-state index contributed by atoms with van der Waals surface area (Å²) in [5.74, 6) is 0.401. The van der Waals surface area contributed by atoms with Gasteiger partial charge in [-0.1, -0.05) is 28.1 Å². The minimum atomic E-state index is 0.239. The third-order valence-electron chi connectivity index (χ3n) is 2.27. The van der Waals surface area contributed by atoms with Crippen LogP contribution in [0.3, 0.4) is 0 Å². The Balaban J connectivity index is 2.71. The van der Waals surface area contributed by atoms with Gasteiger partial charge in [0.2, 0.25) is 0 Å². The fourth-order valence-corrected chi connectivity index (χ4v) is 1.79. The van der Waals surface area contributed by atoms with E-state index in [2.05, 4.69) is 33.4 Å². The first kappa shape index (κ1) is 11.7. The second-order valence-electron chi connectivity index (χ2n) is 3.32. The molecule has 1 rings (SSSR count). The third kappa shape index (κ3) is 3.40. The van der Waals surface area contributed by atoms with Crippen molar-refractivity contribution in [2.75, 3.05) is 20.2 Å². The van der Waals surface area contributed by atoms with E-state index < -0.39 is 0 Å². The van der Waals surface area contributed by atoms with Gasteiger partial charge in [0.05, 0.1) is 0 Å². The fourth-order valence-electron chi connectivity index (χ4n) is 1.52. The molecule has 0 saturated heterocycles. The van der Waals surface area contributed by atoms with E-state index in [4.69, 9.17) is 5.11 Å². The van der Waals surface area contributed by atoms with Gasteiger partial charge in [-0.15, -0.1) is 0 Å². The van der Waals surface area contributed by atoms with Gasteiger partial charge in [-0.25, -0.2) is 0 Å². The van der Waals surface area contributed by atoms with E-state index >= 15 is 0 Å². The predicted octanol–water partition coefficient (Wildman–Crippen LogP) is 2.13. The maximum absolute atomic E-state index is 8.94. The standard InChI is InChI=1S/C11H16BrNO/c1-13-8-10(6-7-14)9-2-4-11(12)5-3-9/h2-5,10,13-14H,6-8H2,1H3. The zero-order chi connectivity index (χ0) is 10.4. The molecule has 0 saturated carbocycles. The molecule has 2 nitrogen and oxygen atoms in total. The summed E-state index contributed by atoms with van der Waals surface area (Å²) in [4.78, 5) is 0. The molecule has 1 atom stereocenters. The molecular weight excluding hydrogens is 242 g/mol. The lowest BCUT2D eigenvalue weighted by Crippen LogP contribution is -2.18. The maximum Gasteiger partial charge on any atom is 0.0437 e. The number of likely N-dealkylation sites (N-methyl/N-ethyl adjacent to an activating group) is 1. The van der Waals surface area contributed by atoms with Crippen molar-refractivity contribution in [1.29, 1.82) is 0 Å². The molecule has 2 N–H and O–H groups in total. The molecule has 0 fully saturated rings. The highest BCUT2D eigenvalue weighted by Crippen LogP contribution is 2.20. The van der Waals surface area contributed by atoms with Gasteiger partial charge in [0.15, 0.2) is 0 Å². The Labute approximate surface area is 93.5 Å². The third-order valence-corrected chi connectivity index (χ3v) is 2.80. The zero-order valence-corrected chi connectivity index (χ0v) is 9.92. The van der Waals surface area contributed by atoms with Gasteiger partial charge < -0.3 is 10.4 Å². The largest absolute Gasteiger partial charge is 0.396 e. The van der Waals surface area contributed by atoms with Crippen molar-refractivity contribution in [3.05, 3.63) is 34.3 Å². The van der Waals surface area contributed by atoms with Crippen LogP contribution in [-0.4, -0.2) is 25.3 Å². The molecule has 3 heteroatoms. The minimum Gasteiger partial charge on any atom is -0.396 e. The molecule has 1 aromatic rings. The minimum absolute atomic E-state index is 0.239. The number of benzene rings is 1. The SMILES string of the molecule is CNCC(CCO)c1ccc(Br)cc1. The molecular formula is C11H16BrNO. The highest BCUT2D eigenvalue weighted by atomic mass is 79.9. The van der Waals surface area contributed by atoms with Gasteiger partial charge in [0.25, 0.3) is 0 Å². The van der Waals surface area contributed by atoms with Gasteiger partial charge in [0, 0.05) is 17.6 Å². The van der Waals surface area contributed by atoms with Gasteiger partial charge >= 0.3 is 0 Å². The molecule has 0 spiro atoms. The van der Waals surface area contributed by atoms with E-state index in [-0.39, 0.29) is 6.61 Å². The average Bonchev–Trinajstić information content (AvgIpc) is 2.19. The molecule has 0 aromatic heterocycles. The smallest absolute Gasteiger partial charge is 0.0437 e. The number of hydrogen-bond donors (Lipinski definition) is 2. The van der Waals surface area contributed by atoms with Crippen LogP contribution < -0.4 is 5.32 Å². The van der Waals surface area contributed by atoms with Gasteiger partial charge in [0.1, 0.15) is 0 Å². The number of aliphatic hydroxyl groups excluding tert-OH is 1. The van der Waals surface area contributed by atoms with Crippen molar-refractivity contribution in [1.82, 2.24) is 5.32 Å². The molecule has 0 aliphatic heterocycles. The van der Waals surface area contributed by atoms with E-state index in [0.29, 0.717) is 5.92 Å². The summed E-state index contributed by atoms with van der Waals surface area (Å²) >= 11 is 3.41. The van der Waals surface area contributed by atoms with Crippen molar-refractivity contribution < 1.29 is 5.11 Å². The van der Waals surface area contributed by atoms with Crippen LogP contribution in [-0.2, 0) is 0 Å². The number of rotatable bonds is 5. The topological polar surface area (TPSA) is 32.3 Å². The van der Waals surface area contributed by atoms with Crippen molar-refractivity contribution in [3.8, 4) is 0 Å². The first-order chi connectivity index (χ1) is 6.77. The van der Waals surface area contributed by atoms with Gasteiger partial charge in [-0.05, 0) is 37.1 Å². The second kappa shape index (κ2) is 6.17. The summed E-state index contributed by atoms with van der Waals surface area (Å²) in [6.07, 6.45) is 0.808. The van der Waals surface area contributed by atoms with Crippen LogP contribution in [0.4, 0.5) is 0 Å². The molecule has 0 amide bonds. The number of hydrogen-bond acceptors (Lipinski definition) is 2. The van der Waals surface area contributed by atoms with Crippen LogP contribution in [0.2, 0.25) is 0 Å². The van der Waals surface area contributed by atoms with Crippen LogP contribution >= 0.6 is 15.9 Å². The van der Waals surface area contributed by atoms with Crippen LogP contribution in [0.5, 0.6) is 0 Å². The quantitative estimate of drug-likeness (QED) is 0.848. The fraction of sp³-hybridized carbons (Fsp3) is 0.455. The Morgan fingerprint density at radius 3 is 2.50 bits per heavy atom. The number of nitrogens with one attached hydrogen (secondary N) is 1. The average molecular weight is 258 g/mol. The Kier molecular flexibility index (Phi) is 5.15. The number of aliphatic hydroxyl groups is 1. The molecule has 0 bridgehead atoms. The summed E-state index contributed by atoms with van der Waals surface area (Å²) in [6.45, 7) is 1.14. The van der Waals surface area contributed by atoms with E-state index in [1.54, 1.807) is 0 Å². The van der Waals surface area contributed by atoms with E-state index in [1.165, 1.54) is 5.56 Å². The van der Waals surface area contributed by atoms with Gasteiger partial charge in [-0.3, -0.25) is 0 Å². The van der Waals surface area contributed by atoms with Crippen LogP contribution in [0.1, 0.15) is 17.9 Å². The molecule has 78 valence electrons. The molecule has 0 heterocycles. The molecule has 1 unspecified atom stereocenters. The Bertz CT molecular complexity index is 254. The van der Waals surface area contributed by atoms with E-state index in [1.807, 2.05) is 19.2 Å². The Hall–Kier alpha value is -0.380. The first-order valence-electron chi connectivity index (χ1n) is 4.79. The summed E-state index contributed by atoms with van der Waals surface area (Å²) < 4.78 is 1.09. The Morgan fingerprint density at radius 1 is 1.36 bits per heavy atom. The molecule has 0 aliphatic carbocycles. The maximum atomic E-state index is 8.94. The highest BCUT2D eigenvalue weighted by molar-refractivity contribution is 9.10. The molecule has 0 radical (unpaired) electrons. The molecule has 14 heavy (non-hydrogen) atoms. The second-order valence-corrected chi connectivity index (χ2v) is 4.23. The number of halogens is 1. The lowest BCUT2D eigenvalue weighted by Gasteiger charge is -2.15. The summed E-state index contributed by atoms with van der Waals surface area (Å²) in [5.41, 5.74) is 1.27.